The second-order valence-electron chi connectivity index (χ2n) is 5.17. The molecule has 1 N–H and O–H groups in total. The number of benzene rings is 1. The number of piperidine rings is 1. The highest BCUT2D eigenvalue weighted by Gasteiger charge is 2.31. The van der Waals surface area contributed by atoms with E-state index < -0.39 is 10.0 Å². The predicted octanol–water partition coefficient (Wildman–Crippen LogP) is 3.15. The van der Waals surface area contributed by atoms with Crippen LogP contribution < -0.4 is 5.32 Å². The number of sulfonamides is 1. The van der Waals surface area contributed by atoms with Crippen LogP contribution >= 0.6 is 23.2 Å². The van der Waals surface area contributed by atoms with Gasteiger partial charge < -0.3 is 5.32 Å². The van der Waals surface area contributed by atoms with Crippen LogP contribution in [0.5, 0.6) is 0 Å². The van der Waals surface area contributed by atoms with E-state index in [0.29, 0.717) is 11.6 Å². The van der Waals surface area contributed by atoms with Crippen LogP contribution in [0.1, 0.15) is 26.2 Å². The molecule has 1 fully saturated rings. The Hall–Kier alpha value is -0.330. The molecule has 0 aromatic heterocycles. The van der Waals surface area contributed by atoms with Crippen molar-refractivity contribution < 1.29 is 8.42 Å². The molecule has 4 nitrogen and oxygen atoms in total. The lowest BCUT2D eigenvalue weighted by atomic mass is 10.1. The van der Waals surface area contributed by atoms with Crippen molar-refractivity contribution >= 4 is 33.2 Å². The number of hydrogen-bond donors (Lipinski definition) is 1. The van der Waals surface area contributed by atoms with Gasteiger partial charge in [-0.15, -0.1) is 0 Å². The van der Waals surface area contributed by atoms with Crippen LogP contribution in [-0.4, -0.2) is 38.4 Å². The zero-order valence-electron chi connectivity index (χ0n) is 12.0. The fourth-order valence-electron chi connectivity index (χ4n) is 2.59. The van der Waals surface area contributed by atoms with E-state index in [4.69, 9.17) is 23.2 Å². The largest absolute Gasteiger partial charge is 0.317 e. The molecule has 0 unspecified atom stereocenters. The van der Waals surface area contributed by atoms with Gasteiger partial charge in [-0.2, -0.15) is 4.31 Å². The van der Waals surface area contributed by atoms with Gasteiger partial charge in [0, 0.05) is 12.6 Å². The predicted molar refractivity (Wildman–Crippen MR) is 86.5 cm³/mol. The molecule has 2 rings (SSSR count). The lowest BCUT2D eigenvalue weighted by Crippen LogP contribution is -2.46. The summed E-state index contributed by atoms with van der Waals surface area (Å²) in [4.78, 5) is 0.212. The third kappa shape index (κ3) is 3.90. The monoisotopic (exact) mass is 350 g/mol. The van der Waals surface area contributed by atoms with Crippen molar-refractivity contribution in [1.29, 1.82) is 0 Å². The van der Waals surface area contributed by atoms with Crippen LogP contribution in [0.2, 0.25) is 10.0 Å². The Labute approximate surface area is 136 Å². The molecule has 1 heterocycles. The van der Waals surface area contributed by atoms with Gasteiger partial charge in [0.15, 0.2) is 0 Å². The van der Waals surface area contributed by atoms with Gasteiger partial charge in [0.25, 0.3) is 0 Å². The molecule has 1 saturated heterocycles. The third-order valence-electron chi connectivity index (χ3n) is 3.66. The van der Waals surface area contributed by atoms with Crippen molar-refractivity contribution in [3.63, 3.8) is 0 Å². The normalized spacial score (nSPS) is 17.3. The maximum absolute atomic E-state index is 12.9. The summed E-state index contributed by atoms with van der Waals surface area (Å²) in [6.07, 6.45) is 2.45. The first-order chi connectivity index (χ1) is 9.96. The molecule has 7 heteroatoms. The lowest BCUT2D eigenvalue weighted by molar-refractivity contribution is 0.262. The lowest BCUT2D eigenvalue weighted by Gasteiger charge is -2.33. The number of hydrogen-bond acceptors (Lipinski definition) is 3. The molecule has 21 heavy (non-hydrogen) atoms. The Balaban J connectivity index is 2.34. The topological polar surface area (TPSA) is 49.4 Å². The number of nitrogens with one attached hydrogen (secondary N) is 1. The van der Waals surface area contributed by atoms with Crippen molar-refractivity contribution in [3.05, 3.63) is 28.2 Å². The first-order valence-corrected chi connectivity index (χ1v) is 9.34. The average molecular weight is 351 g/mol. The molecule has 0 aliphatic carbocycles. The summed E-state index contributed by atoms with van der Waals surface area (Å²) in [5.74, 6) is 0. The van der Waals surface area contributed by atoms with Gasteiger partial charge in [-0.25, -0.2) is 8.42 Å². The van der Waals surface area contributed by atoms with Crippen LogP contribution in [0.3, 0.4) is 0 Å². The number of halogens is 2. The molecule has 118 valence electrons. The quantitative estimate of drug-likeness (QED) is 0.887. The molecule has 0 saturated carbocycles. The van der Waals surface area contributed by atoms with E-state index in [-0.39, 0.29) is 16.0 Å². The fourth-order valence-corrected chi connectivity index (χ4v) is 4.75. The maximum Gasteiger partial charge on any atom is 0.243 e. The second-order valence-corrected chi connectivity index (χ2v) is 7.88. The Morgan fingerprint density at radius 3 is 2.48 bits per heavy atom. The van der Waals surface area contributed by atoms with Gasteiger partial charge in [0.1, 0.15) is 0 Å². The van der Waals surface area contributed by atoms with Crippen molar-refractivity contribution in [3.8, 4) is 0 Å². The third-order valence-corrected chi connectivity index (χ3v) is 6.34. The summed E-state index contributed by atoms with van der Waals surface area (Å²) in [6, 6.07) is 4.53. The van der Waals surface area contributed by atoms with Gasteiger partial charge in [0.2, 0.25) is 10.0 Å². The summed E-state index contributed by atoms with van der Waals surface area (Å²) < 4.78 is 27.4. The standard InChI is InChI=1S/C14H20Cl2N2O2S/c1-2-9-18(11-5-7-17-8-6-11)21(19,20)12-3-4-13(15)14(16)10-12/h3-4,10-11,17H,2,5-9H2,1H3. The maximum atomic E-state index is 12.9. The number of rotatable bonds is 5. The summed E-state index contributed by atoms with van der Waals surface area (Å²) in [5.41, 5.74) is 0. The molecular weight excluding hydrogens is 331 g/mol. The number of nitrogens with zero attached hydrogens (tertiary/aromatic N) is 1. The van der Waals surface area contributed by atoms with Gasteiger partial charge in [-0.1, -0.05) is 30.1 Å². The molecule has 1 aliphatic heterocycles. The Morgan fingerprint density at radius 2 is 1.90 bits per heavy atom. The molecule has 0 spiro atoms. The highest BCUT2D eigenvalue weighted by molar-refractivity contribution is 7.89. The van der Waals surface area contributed by atoms with Crippen molar-refractivity contribution in [2.24, 2.45) is 0 Å². The summed E-state index contributed by atoms with van der Waals surface area (Å²) in [7, 11) is -3.54. The molecule has 0 atom stereocenters. The minimum atomic E-state index is -3.54. The van der Waals surface area contributed by atoms with Crippen molar-refractivity contribution in [2.45, 2.75) is 37.1 Å². The molecule has 0 bridgehead atoms. The van der Waals surface area contributed by atoms with Gasteiger partial charge >= 0.3 is 0 Å². The minimum absolute atomic E-state index is 0.0469. The molecule has 1 aromatic carbocycles. The van der Waals surface area contributed by atoms with Gasteiger partial charge in [0.05, 0.1) is 14.9 Å². The Bertz CT molecular complexity index is 587. The van der Waals surface area contributed by atoms with E-state index in [1.54, 1.807) is 4.31 Å². The average Bonchev–Trinajstić information content (AvgIpc) is 2.48. The summed E-state index contributed by atoms with van der Waals surface area (Å²) >= 11 is 11.8. The zero-order valence-corrected chi connectivity index (χ0v) is 14.3. The summed E-state index contributed by atoms with van der Waals surface area (Å²) in [6.45, 7) is 4.20. The van der Waals surface area contributed by atoms with E-state index in [1.165, 1.54) is 18.2 Å². The van der Waals surface area contributed by atoms with Crippen molar-refractivity contribution in [1.82, 2.24) is 9.62 Å². The summed E-state index contributed by atoms with van der Waals surface area (Å²) in [5, 5.41) is 3.88. The molecule has 1 aliphatic rings. The van der Waals surface area contributed by atoms with E-state index >= 15 is 0 Å². The smallest absolute Gasteiger partial charge is 0.243 e. The van der Waals surface area contributed by atoms with Gasteiger partial charge in [-0.3, -0.25) is 0 Å². The van der Waals surface area contributed by atoms with E-state index in [9.17, 15) is 8.42 Å². The highest BCUT2D eigenvalue weighted by Crippen LogP contribution is 2.28. The van der Waals surface area contributed by atoms with Crippen LogP contribution in [0.25, 0.3) is 0 Å². The van der Waals surface area contributed by atoms with Crippen molar-refractivity contribution in [2.75, 3.05) is 19.6 Å². The van der Waals surface area contributed by atoms with Crippen LogP contribution in [-0.2, 0) is 10.0 Å². The Kier molecular flexibility index (Phi) is 5.91. The van der Waals surface area contributed by atoms with E-state index in [0.717, 1.165) is 32.4 Å². The molecule has 0 amide bonds. The first-order valence-electron chi connectivity index (χ1n) is 7.14. The van der Waals surface area contributed by atoms with E-state index in [2.05, 4.69) is 5.32 Å². The minimum Gasteiger partial charge on any atom is -0.317 e. The Morgan fingerprint density at radius 1 is 1.24 bits per heavy atom. The van der Waals surface area contributed by atoms with Gasteiger partial charge in [-0.05, 0) is 50.6 Å². The fraction of sp³-hybridized carbons (Fsp3) is 0.571. The zero-order chi connectivity index (χ0) is 15.5. The second kappa shape index (κ2) is 7.29. The SMILES string of the molecule is CCCN(C1CCNCC1)S(=O)(=O)c1ccc(Cl)c(Cl)c1. The molecule has 1 aromatic rings. The van der Waals surface area contributed by atoms with Crippen LogP contribution in [0.4, 0.5) is 0 Å². The first kappa shape index (κ1) is 17.0. The molecular formula is C14H20Cl2N2O2S. The van der Waals surface area contributed by atoms with Crippen LogP contribution in [0, 0.1) is 0 Å². The molecule has 0 radical (unpaired) electrons. The van der Waals surface area contributed by atoms with E-state index in [1.807, 2.05) is 6.92 Å². The van der Waals surface area contributed by atoms with Crippen LogP contribution in [0.15, 0.2) is 23.1 Å². The highest BCUT2D eigenvalue weighted by atomic mass is 35.5.